The normalized spacial score (nSPS) is 15.0. The summed E-state index contributed by atoms with van der Waals surface area (Å²) in [7, 11) is 0. The van der Waals surface area contributed by atoms with E-state index in [1.165, 1.54) is 17.7 Å². The molecular weight excluding hydrogens is 299 g/mol. The molecule has 0 unspecified atom stereocenters. The minimum absolute atomic E-state index is 0.171. The molecular formula is C22H35FO. The Morgan fingerprint density at radius 1 is 1.04 bits per heavy atom. The molecule has 1 aliphatic rings. The number of Topliss-reactive ketones (excluding diaryl/α,β-unsaturated/α-hetero) is 1. The van der Waals surface area contributed by atoms with Crippen LogP contribution in [0.25, 0.3) is 0 Å². The number of aryl methyl sites for hydroxylation is 1. The van der Waals surface area contributed by atoms with Crippen LogP contribution in [0.5, 0.6) is 0 Å². The molecule has 0 aromatic heterocycles. The third kappa shape index (κ3) is 10.9. The number of hydrogen-bond acceptors (Lipinski definition) is 1. The van der Waals surface area contributed by atoms with Crippen LogP contribution in [0.2, 0.25) is 0 Å². The molecule has 0 N–H and O–H groups in total. The number of halogens is 1. The van der Waals surface area contributed by atoms with Gasteiger partial charge in [-0.2, -0.15) is 0 Å². The highest BCUT2D eigenvalue weighted by Crippen LogP contribution is 2.36. The van der Waals surface area contributed by atoms with Gasteiger partial charge in [0.1, 0.15) is 5.82 Å². The van der Waals surface area contributed by atoms with Crippen LogP contribution in [-0.4, -0.2) is 5.78 Å². The van der Waals surface area contributed by atoms with Gasteiger partial charge in [-0.25, -0.2) is 4.39 Å². The van der Waals surface area contributed by atoms with E-state index in [0.29, 0.717) is 5.78 Å². The molecule has 0 fully saturated rings. The van der Waals surface area contributed by atoms with E-state index in [0.717, 1.165) is 24.0 Å². The maximum absolute atomic E-state index is 12.1. The summed E-state index contributed by atoms with van der Waals surface area (Å²) < 4.78 is 12.1. The molecule has 1 aromatic rings. The zero-order valence-electron chi connectivity index (χ0n) is 16.8. The van der Waals surface area contributed by atoms with Gasteiger partial charge in [-0.1, -0.05) is 57.0 Å². The fourth-order valence-electron chi connectivity index (χ4n) is 2.25. The Morgan fingerprint density at radius 3 is 1.79 bits per heavy atom. The average molecular weight is 335 g/mol. The number of rotatable bonds is 0. The number of carbonyl (C=O) groups excluding carboxylic acids is 1. The van der Waals surface area contributed by atoms with Gasteiger partial charge in [0.2, 0.25) is 0 Å². The first-order valence-corrected chi connectivity index (χ1v) is 8.61. The molecule has 0 amide bonds. The molecule has 1 nitrogen and oxygen atoms in total. The third-order valence-corrected chi connectivity index (χ3v) is 3.45. The van der Waals surface area contributed by atoms with Crippen molar-refractivity contribution in [2.24, 2.45) is 5.41 Å². The van der Waals surface area contributed by atoms with Crippen molar-refractivity contribution in [3.8, 4) is 0 Å². The van der Waals surface area contributed by atoms with Crippen molar-refractivity contribution in [2.45, 2.75) is 68.2 Å². The van der Waals surface area contributed by atoms with Crippen LogP contribution >= 0.6 is 0 Å². The molecule has 0 heterocycles. The first-order chi connectivity index (χ1) is 11.1. The third-order valence-electron chi connectivity index (χ3n) is 3.45. The van der Waals surface area contributed by atoms with Crippen LogP contribution in [0.3, 0.4) is 0 Å². The predicted molar refractivity (Wildman–Crippen MR) is 105 cm³/mol. The molecule has 0 radical (unpaired) electrons. The van der Waals surface area contributed by atoms with Crippen LogP contribution in [0.1, 0.15) is 66.9 Å². The minimum atomic E-state index is -0.171. The highest BCUT2D eigenvalue weighted by molar-refractivity contribution is 5.96. The summed E-state index contributed by atoms with van der Waals surface area (Å²) in [5.41, 5.74) is 3.54. The van der Waals surface area contributed by atoms with E-state index in [1.54, 1.807) is 18.2 Å². The lowest BCUT2D eigenvalue weighted by molar-refractivity contribution is -0.118. The van der Waals surface area contributed by atoms with Crippen molar-refractivity contribution < 1.29 is 9.18 Å². The van der Waals surface area contributed by atoms with E-state index in [2.05, 4.69) is 27.4 Å². The Balaban J connectivity index is 0. The average Bonchev–Trinajstić information content (AvgIpc) is 2.50. The molecule has 0 atom stereocenters. The lowest BCUT2D eigenvalue weighted by Crippen LogP contribution is -2.23. The topological polar surface area (TPSA) is 17.1 Å². The van der Waals surface area contributed by atoms with Gasteiger partial charge in [0.05, 0.1) is 0 Å². The van der Waals surface area contributed by atoms with Crippen LogP contribution < -0.4 is 0 Å². The second kappa shape index (κ2) is 12.7. The van der Waals surface area contributed by atoms with Crippen LogP contribution in [0.15, 0.2) is 48.1 Å². The monoisotopic (exact) mass is 334 g/mol. The number of benzene rings is 1. The predicted octanol–water partition coefficient (Wildman–Crippen LogP) is 7.06. The maximum atomic E-state index is 12.1. The van der Waals surface area contributed by atoms with Crippen molar-refractivity contribution >= 4 is 5.78 Å². The van der Waals surface area contributed by atoms with Crippen molar-refractivity contribution in [3.05, 3.63) is 59.4 Å². The summed E-state index contributed by atoms with van der Waals surface area (Å²) in [6.45, 7) is 19.5. The smallest absolute Gasteiger partial charge is 0.159 e. The van der Waals surface area contributed by atoms with Gasteiger partial charge in [-0.3, -0.25) is 4.79 Å². The minimum Gasteiger partial charge on any atom is -0.295 e. The second-order valence-corrected chi connectivity index (χ2v) is 6.55. The van der Waals surface area contributed by atoms with E-state index >= 15 is 0 Å². The zero-order valence-corrected chi connectivity index (χ0v) is 16.8. The number of ketones is 1. The molecule has 1 aromatic carbocycles. The van der Waals surface area contributed by atoms with E-state index in [4.69, 9.17) is 0 Å². The molecule has 0 saturated heterocycles. The molecule has 2 rings (SSSR count). The molecule has 24 heavy (non-hydrogen) atoms. The van der Waals surface area contributed by atoms with Crippen LogP contribution in [0.4, 0.5) is 4.39 Å². The SMILES string of the molecule is C=CC.CC.CC1=C(C)C(=O)CC(C)(C)C1.Cc1ccc(F)cc1. The Kier molecular flexibility index (Phi) is 13.0. The first-order valence-electron chi connectivity index (χ1n) is 8.61. The number of hydrogen-bond donors (Lipinski definition) is 0. The molecule has 0 bridgehead atoms. The van der Waals surface area contributed by atoms with Crippen LogP contribution in [0, 0.1) is 18.2 Å². The fourth-order valence-corrected chi connectivity index (χ4v) is 2.25. The summed E-state index contributed by atoms with van der Waals surface area (Å²) in [5.74, 6) is 0.161. The lowest BCUT2D eigenvalue weighted by Gasteiger charge is -2.29. The Bertz CT molecular complexity index is 500. The molecule has 1 aliphatic carbocycles. The Labute approximate surface area is 148 Å². The standard InChI is InChI=1S/C10H16O.C7H7F.C3H6.C2H6/c1-7-5-10(3,4)6-9(11)8(7)2;1-6-2-4-7(8)5-3-6;1-3-2;1-2/h5-6H2,1-4H3;2-5H,1H3;3H,1H2,2H3;1-2H3. The highest BCUT2D eigenvalue weighted by atomic mass is 19.1. The van der Waals surface area contributed by atoms with Gasteiger partial charge in [-0.15, -0.1) is 6.58 Å². The van der Waals surface area contributed by atoms with E-state index < -0.39 is 0 Å². The Morgan fingerprint density at radius 2 is 1.46 bits per heavy atom. The number of allylic oxidation sites excluding steroid dienone is 3. The van der Waals surface area contributed by atoms with Gasteiger partial charge < -0.3 is 0 Å². The van der Waals surface area contributed by atoms with Crippen molar-refractivity contribution in [1.29, 1.82) is 0 Å². The first kappa shape index (κ1) is 24.6. The second-order valence-electron chi connectivity index (χ2n) is 6.55. The zero-order chi connectivity index (χ0) is 19.3. The van der Waals surface area contributed by atoms with Gasteiger partial charge in [-0.05, 0) is 57.2 Å². The summed E-state index contributed by atoms with van der Waals surface area (Å²) >= 11 is 0. The van der Waals surface area contributed by atoms with Gasteiger partial charge in [0, 0.05) is 6.42 Å². The maximum Gasteiger partial charge on any atom is 0.159 e. The fraction of sp³-hybridized carbons (Fsp3) is 0.500. The van der Waals surface area contributed by atoms with E-state index in [1.807, 2.05) is 34.6 Å². The summed E-state index contributed by atoms with van der Waals surface area (Å²) in [6.07, 6.45) is 3.54. The largest absolute Gasteiger partial charge is 0.295 e. The van der Waals surface area contributed by atoms with Crippen molar-refractivity contribution in [1.82, 2.24) is 0 Å². The molecule has 0 spiro atoms. The molecule has 2 heteroatoms. The van der Waals surface area contributed by atoms with Gasteiger partial charge in [0.15, 0.2) is 5.78 Å². The Hall–Kier alpha value is -1.70. The van der Waals surface area contributed by atoms with Crippen molar-refractivity contribution in [3.63, 3.8) is 0 Å². The van der Waals surface area contributed by atoms with Crippen LogP contribution in [-0.2, 0) is 4.79 Å². The summed E-state index contributed by atoms with van der Waals surface area (Å²) in [5, 5.41) is 0. The van der Waals surface area contributed by atoms with Crippen molar-refractivity contribution in [2.75, 3.05) is 0 Å². The molecule has 0 aliphatic heterocycles. The highest BCUT2D eigenvalue weighted by Gasteiger charge is 2.28. The molecule has 136 valence electrons. The quantitative estimate of drug-likeness (QED) is 0.464. The van der Waals surface area contributed by atoms with E-state index in [-0.39, 0.29) is 11.2 Å². The molecule has 0 saturated carbocycles. The summed E-state index contributed by atoms with van der Waals surface area (Å²) in [6, 6.07) is 6.40. The van der Waals surface area contributed by atoms with Gasteiger partial charge in [0.25, 0.3) is 0 Å². The lowest BCUT2D eigenvalue weighted by atomic mass is 9.74. The summed E-state index contributed by atoms with van der Waals surface area (Å²) in [4.78, 5) is 11.4. The number of carbonyl (C=O) groups is 1. The van der Waals surface area contributed by atoms with Gasteiger partial charge >= 0.3 is 0 Å². The van der Waals surface area contributed by atoms with E-state index in [9.17, 15) is 9.18 Å².